The third-order valence-electron chi connectivity index (χ3n) is 3.13. The number of carboxylic acids is 1. The van der Waals surface area contributed by atoms with Crippen LogP contribution in [0.5, 0.6) is 0 Å². The van der Waals surface area contributed by atoms with E-state index in [2.05, 4.69) is 10.7 Å². The molecule has 1 saturated heterocycles. The van der Waals surface area contributed by atoms with E-state index in [1.54, 1.807) is 0 Å². The van der Waals surface area contributed by atoms with Crippen LogP contribution in [0, 0.1) is 0 Å². The summed E-state index contributed by atoms with van der Waals surface area (Å²) in [5.74, 6) is -0.943. The van der Waals surface area contributed by atoms with Crippen LogP contribution in [0.15, 0.2) is 0 Å². The minimum absolute atomic E-state index is 0.401. The number of piperidine rings is 1. The molecular formula is C10H17N3O3. The van der Waals surface area contributed by atoms with Crippen LogP contribution in [0.2, 0.25) is 0 Å². The normalized spacial score (nSPS) is 23.5. The summed E-state index contributed by atoms with van der Waals surface area (Å²) in [5.41, 5.74) is 1.69. The lowest BCUT2D eigenvalue weighted by Crippen LogP contribution is -2.54. The highest BCUT2D eigenvalue weighted by molar-refractivity contribution is 5.88. The molecule has 0 bridgehead atoms. The van der Waals surface area contributed by atoms with E-state index in [1.165, 1.54) is 6.42 Å². The number of aliphatic carboxylic acids is 1. The molecule has 6 heteroatoms. The summed E-state index contributed by atoms with van der Waals surface area (Å²) in [6, 6.07) is -0.401. The first-order valence-corrected chi connectivity index (χ1v) is 5.70. The number of hydrogen-bond acceptors (Lipinski definition) is 3. The van der Waals surface area contributed by atoms with Crippen molar-refractivity contribution < 1.29 is 14.7 Å². The molecule has 0 unspecified atom stereocenters. The molecule has 0 spiro atoms. The van der Waals surface area contributed by atoms with Crippen LogP contribution >= 0.6 is 0 Å². The molecule has 2 amide bonds. The first-order chi connectivity index (χ1) is 7.62. The summed E-state index contributed by atoms with van der Waals surface area (Å²) in [6.07, 6.45) is 4.39. The van der Waals surface area contributed by atoms with Crippen LogP contribution in [-0.2, 0) is 4.79 Å². The van der Waals surface area contributed by atoms with Gasteiger partial charge in [0.15, 0.2) is 0 Å². The number of nitrogens with one attached hydrogen (secondary N) is 2. The Morgan fingerprint density at radius 2 is 1.75 bits per heavy atom. The summed E-state index contributed by atoms with van der Waals surface area (Å²) in [4.78, 5) is 22.4. The standard InChI is InChI=1S/C10H17N3O3/c14-8(15)10(4-5-10)11-9(16)12-13-6-2-1-3-7-13/h1-7H2,(H,14,15)(H2,11,12,16). The lowest BCUT2D eigenvalue weighted by atomic mass is 10.2. The number of carbonyl (C=O) groups excluding carboxylic acids is 1. The van der Waals surface area contributed by atoms with Crippen molar-refractivity contribution in [2.24, 2.45) is 0 Å². The molecule has 16 heavy (non-hydrogen) atoms. The zero-order valence-corrected chi connectivity index (χ0v) is 9.16. The molecule has 1 saturated carbocycles. The fourth-order valence-electron chi connectivity index (χ4n) is 1.91. The molecule has 1 aliphatic heterocycles. The number of carbonyl (C=O) groups is 2. The molecule has 1 aliphatic carbocycles. The van der Waals surface area contributed by atoms with Gasteiger partial charge in [0.1, 0.15) is 5.54 Å². The Labute approximate surface area is 94.0 Å². The van der Waals surface area contributed by atoms with E-state index in [-0.39, 0.29) is 0 Å². The van der Waals surface area contributed by atoms with Gasteiger partial charge in [-0.2, -0.15) is 0 Å². The van der Waals surface area contributed by atoms with Crippen LogP contribution in [0.4, 0.5) is 4.79 Å². The molecule has 2 rings (SSSR count). The Morgan fingerprint density at radius 1 is 1.12 bits per heavy atom. The van der Waals surface area contributed by atoms with Gasteiger partial charge in [-0.1, -0.05) is 6.42 Å². The number of nitrogens with zero attached hydrogens (tertiary/aromatic N) is 1. The topological polar surface area (TPSA) is 81.7 Å². The molecule has 0 radical (unpaired) electrons. The Kier molecular flexibility index (Phi) is 3.00. The monoisotopic (exact) mass is 227 g/mol. The van der Waals surface area contributed by atoms with Crippen molar-refractivity contribution in [3.05, 3.63) is 0 Å². The van der Waals surface area contributed by atoms with Crippen molar-refractivity contribution in [1.82, 2.24) is 15.8 Å². The summed E-state index contributed by atoms with van der Waals surface area (Å²) in [5, 5.41) is 13.3. The second-order valence-corrected chi connectivity index (χ2v) is 4.50. The number of urea groups is 1. The number of hydrogen-bond donors (Lipinski definition) is 3. The van der Waals surface area contributed by atoms with Crippen LogP contribution in [0.25, 0.3) is 0 Å². The first-order valence-electron chi connectivity index (χ1n) is 5.70. The van der Waals surface area contributed by atoms with Gasteiger partial charge in [0.2, 0.25) is 0 Å². The summed E-state index contributed by atoms with van der Waals surface area (Å²) >= 11 is 0. The van der Waals surface area contributed by atoms with E-state index in [1.807, 2.05) is 5.01 Å². The molecule has 0 atom stereocenters. The average Bonchev–Trinajstić information content (AvgIpc) is 3.00. The largest absolute Gasteiger partial charge is 0.480 e. The number of amides is 2. The molecule has 0 aromatic carbocycles. The third kappa shape index (κ3) is 2.44. The van der Waals surface area contributed by atoms with Gasteiger partial charge < -0.3 is 10.4 Å². The molecule has 90 valence electrons. The van der Waals surface area contributed by atoms with Gasteiger partial charge in [0.05, 0.1) is 0 Å². The molecule has 1 heterocycles. The minimum Gasteiger partial charge on any atom is -0.480 e. The molecular weight excluding hydrogens is 210 g/mol. The van der Waals surface area contributed by atoms with Crippen LogP contribution in [-0.4, -0.2) is 40.7 Å². The Bertz CT molecular complexity index is 296. The molecule has 3 N–H and O–H groups in total. The van der Waals surface area contributed by atoms with Crippen LogP contribution in [0.3, 0.4) is 0 Å². The highest BCUT2D eigenvalue weighted by Crippen LogP contribution is 2.35. The SMILES string of the molecule is O=C(NN1CCCCC1)NC1(C(=O)O)CC1. The Morgan fingerprint density at radius 3 is 2.25 bits per heavy atom. The van der Waals surface area contributed by atoms with E-state index in [9.17, 15) is 9.59 Å². The van der Waals surface area contributed by atoms with Gasteiger partial charge in [0, 0.05) is 13.1 Å². The van der Waals surface area contributed by atoms with Crippen molar-refractivity contribution >= 4 is 12.0 Å². The van der Waals surface area contributed by atoms with Crippen molar-refractivity contribution in [3.63, 3.8) is 0 Å². The lowest BCUT2D eigenvalue weighted by Gasteiger charge is -2.27. The molecule has 0 aromatic rings. The van der Waals surface area contributed by atoms with Gasteiger partial charge in [0.25, 0.3) is 0 Å². The first kappa shape index (κ1) is 11.2. The number of carboxylic acid groups (broad SMARTS) is 1. The zero-order valence-electron chi connectivity index (χ0n) is 9.16. The Balaban J connectivity index is 1.78. The zero-order chi connectivity index (χ0) is 11.6. The third-order valence-corrected chi connectivity index (χ3v) is 3.13. The summed E-state index contributed by atoms with van der Waals surface area (Å²) < 4.78 is 0. The maximum Gasteiger partial charge on any atom is 0.330 e. The van der Waals surface area contributed by atoms with Gasteiger partial charge in [-0.3, -0.25) is 5.43 Å². The quantitative estimate of drug-likeness (QED) is 0.648. The van der Waals surface area contributed by atoms with E-state index >= 15 is 0 Å². The average molecular weight is 227 g/mol. The van der Waals surface area contributed by atoms with Gasteiger partial charge >= 0.3 is 12.0 Å². The maximum absolute atomic E-state index is 11.5. The Hall–Kier alpha value is -1.30. The highest BCUT2D eigenvalue weighted by atomic mass is 16.4. The predicted molar refractivity (Wildman–Crippen MR) is 56.7 cm³/mol. The fraction of sp³-hybridized carbons (Fsp3) is 0.800. The predicted octanol–water partition coefficient (Wildman–Crippen LogP) is 0.304. The smallest absolute Gasteiger partial charge is 0.330 e. The second kappa shape index (κ2) is 4.29. The van der Waals surface area contributed by atoms with Crippen molar-refractivity contribution in [3.8, 4) is 0 Å². The lowest BCUT2D eigenvalue weighted by molar-refractivity contribution is -0.140. The van der Waals surface area contributed by atoms with Crippen molar-refractivity contribution in [2.75, 3.05) is 13.1 Å². The molecule has 6 nitrogen and oxygen atoms in total. The van der Waals surface area contributed by atoms with Gasteiger partial charge in [-0.05, 0) is 25.7 Å². The van der Waals surface area contributed by atoms with Crippen LogP contribution < -0.4 is 10.7 Å². The number of hydrazine groups is 1. The van der Waals surface area contributed by atoms with Crippen LogP contribution in [0.1, 0.15) is 32.1 Å². The van der Waals surface area contributed by atoms with E-state index in [0.717, 1.165) is 25.9 Å². The van der Waals surface area contributed by atoms with E-state index in [0.29, 0.717) is 12.8 Å². The summed E-state index contributed by atoms with van der Waals surface area (Å²) in [6.45, 7) is 1.68. The molecule has 2 fully saturated rings. The second-order valence-electron chi connectivity index (χ2n) is 4.50. The van der Waals surface area contributed by atoms with E-state index < -0.39 is 17.5 Å². The van der Waals surface area contributed by atoms with Crippen molar-refractivity contribution in [2.45, 2.75) is 37.6 Å². The summed E-state index contributed by atoms with van der Waals surface area (Å²) in [7, 11) is 0. The maximum atomic E-state index is 11.5. The van der Waals surface area contributed by atoms with Gasteiger partial charge in [-0.15, -0.1) is 0 Å². The van der Waals surface area contributed by atoms with Crippen molar-refractivity contribution in [1.29, 1.82) is 0 Å². The van der Waals surface area contributed by atoms with Gasteiger partial charge in [-0.25, -0.2) is 14.6 Å². The minimum atomic E-state index is -1.00. The molecule has 0 aromatic heterocycles. The highest BCUT2D eigenvalue weighted by Gasteiger charge is 2.51. The number of rotatable bonds is 3. The molecule has 2 aliphatic rings. The fourth-order valence-corrected chi connectivity index (χ4v) is 1.91. The van der Waals surface area contributed by atoms with E-state index in [4.69, 9.17) is 5.11 Å².